The lowest BCUT2D eigenvalue weighted by Crippen LogP contribution is -2.00. The zero-order valence-electron chi connectivity index (χ0n) is 34.2. The van der Waals surface area contributed by atoms with Crippen LogP contribution in [0.1, 0.15) is 11.0 Å². The van der Waals surface area contributed by atoms with Crippen molar-refractivity contribution >= 4 is 43.7 Å². The molecule has 50 heavy (non-hydrogen) atoms. The summed E-state index contributed by atoms with van der Waals surface area (Å²) >= 11 is 0. The molecule has 10 rings (SSSR count). The summed E-state index contributed by atoms with van der Waals surface area (Å²) in [7, 11) is 0. The summed E-state index contributed by atoms with van der Waals surface area (Å²) in [6, 6.07) is 34.9. The summed E-state index contributed by atoms with van der Waals surface area (Å²) in [6.45, 7) is 0. The first-order valence-electron chi connectivity index (χ1n) is 20.1. The van der Waals surface area contributed by atoms with E-state index in [-0.39, 0.29) is 33.9 Å². The highest BCUT2D eigenvalue weighted by molar-refractivity contribution is 6.17. The number of fused-ring (bicyclic) bond motifs is 6. The van der Waals surface area contributed by atoms with Crippen LogP contribution in [0.15, 0.2) is 174 Å². The van der Waals surface area contributed by atoms with Crippen molar-refractivity contribution in [3.8, 4) is 51.0 Å². The van der Waals surface area contributed by atoms with Crippen molar-refractivity contribution in [2.45, 2.75) is 0 Å². The molecule has 0 saturated heterocycles. The van der Waals surface area contributed by atoms with Crippen molar-refractivity contribution in [1.29, 1.82) is 0 Å². The fraction of sp³-hybridized carbons (Fsp3) is 0. The normalized spacial score (nSPS) is 13.8. The average molecular weight is 649 g/mol. The summed E-state index contributed by atoms with van der Waals surface area (Å²) < 4.78 is 78.6. The molecule has 3 heterocycles. The van der Waals surface area contributed by atoms with Gasteiger partial charge < -0.3 is 8.98 Å². The fourth-order valence-electron chi connectivity index (χ4n) is 6.64. The highest BCUT2D eigenvalue weighted by Crippen LogP contribution is 2.43. The minimum atomic E-state index is -0.506. The third-order valence-electron chi connectivity index (χ3n) is 8.92. The fourth-order valence-corrected chi connectivity index (χ4v) is 6.64. The van der Waals surface area contributed by atoms with Gasteiger partial charge in [0, 0.05) is 38.2 Å². The summed E-state index contributed by atoms with van der Waals surface area (Å²) in [4.78, 5) is 14.6. The highest BCUT2D eigenvalue weighted by atomic mass is 16.3. The first kappa shape index (κ1) is 21.2. The summed E-state index contributed by atoms with van der Waals surface area (Å²) in [6.07, 6.45) is 0. The van der Waals surface area contributed by atoms with Gasteiger partial charge in [-0.05, 0) is 41.4 Å². The Morgan fingerprint density at radius 1 is 0.480 bits per heavy atom. The minimum absolute atomic E-state index is 0.00924. The number of aromatic nitrogens is 4. The van der Waals surface area contributed by atoms with Crippen molar-refractivity contribution in [2.75, 3.05) is 0 Å². The Morgan fingerprint density at radius 3 is 1.58 bits per heavy atom. The van der Waals surface area contributed by atoms with Crippen molar-refractivity contribution in [3.63, 3.8) is 0 Å². The highest BCUT2D eigenvalue weighted by Gasteiger charge is 2.21. The van der Waals surface area contributed by atoms with Crippen LogP contribution in [-0.2, 0) is 0 Å². The van der Waals surface area contributed by atoms with Crippen LogP contribution in [0.2, 0.25) is 0 Å². The number of benzene rings is 7. The molecule has 0 aliphatic carbocycles. The van der Waals surface area contributed by atoms with E-state index in [0.717, 1.165) is 27.6 Å². The molecule has 0 saturated carbocycles. The largest absolute Gasteiger partial charge is 0.454 e. The van der Waals surface area contributed by atoms with Crippen molar-refractivity contribution in [2.24, 2.45) is 0 Å². The number of hydrogen-bond acceptors (Lipinski definition) is 4. The predicted molar refractivity (Wildman–Crippen MR) is 203 cm³/mol. The van der Waals surface area contributed by atoms with Gasteiger partial charge in [0.1, 0.15) is 5.58 Å². The topological polar surface area (TPSA) is 56.7 Å². The smallest absolute Gasteiger partial charge is 0.164 e. The van der Waals surface area contributed by atoms with Crippen molar-refractivity contribution in [3.05, 3.63) is 170 Å². The molecule has 234 valence electrons. The lowest BCUT2D eigenvalue weighted by atomic mass is 9.98. The Kier molecular flexibility index (Phi) is 4.83. The molecule has 0 N–H and O–H groups in total. The number of furan rings is 1. The van der Waals surface area contributed by atoms with E-state index >= 15 is 0 Å². The molecule has 3 aromatic heterocycles. The lowest BCUT2D eigenvalue weighted by molar-refractivity contribution is 0.666. The Bertz CT molecular complexity index is 3180. The molecule has 0 fully saturated rings. The maximum Gasteiger partial charge on any atom is 0.164 e. The maximum absolute atomic E-state index is 9.09. The molecule has 7 aromatic carbocycles. The molecule has 0 aliphatic heterocycles. The summed E-state index contributed by atoms with van der Waals surface area (Å²) in [5.74, 6) is 1.43. The second-order valence-corrected chi connectivity index (χ2v) is 11.8. The Labute approximate surface area is 299 Å². The molecule has 5 heteroatoms. The predicted octanol–water partition coefficient (Wildman–Crippen LogP) is 11.5. The molecule has 0 spiro atoms. The third kappa shape index (κ3) is 4.52. The van der Waals surface area contributed by atoms with E-state index in [1.165, 1.54) is 4.57 Å². The van der Waals surface area contributed by atoms with E-state index in [1.54, 1.807) is 6.07 Å². The second kappa shape index (κ2) is 11.4. The standard InChI is InChI=1S/C45H28N4O/c1-4-14-29(15-5-1)33-26-27-39(49-37-22-12-10-20-34(37)35-21-11-13-23-38(35)49)42-41(33)36-25-24-32(28-40(36)50-42)45-47-43(30-16-6-2-7-17-30)46-44(48-45)31-18-8-3-9-19-31/h1-28H/i10D,11D,12D,13D,20D,21D,22D,23D. The number of para-hydroxylation sites is 2. The van der Waals surface area contributed by atoms with Crippen LogP contribution in [0.25, 0.3) is 94.7 Å². The maximum atomic E-state index is 9.09. The molecule has 0 amide bonds. The minimum Gasteiger partial charge on any atom is -0.454 e. The van der Waals surface area contributed by atoms with E-state index in [9.17, 15) is 0 Å². The number of rotatable bonds is 5. The molecule has 0 atom stereocenters. The van der Waals surface area contributed by atoms with Gasteiger partial charge in [-0.3, -0.25) is 0 Å². The zero-order valence-corrected chi connectivity index (χ0v) is 26.2. The van der Waals surface area contributed by atoms with Gasteiger partial charge in [0.15, 0.2) is 23.1 Å². The third-order valence-corrected chi connectivity index (χ3v) is 8.92. The van der Waals surface area contributed by atoms with Crippen LogP contribution in [0.4, 0.5) is 0 Å². The van der Waals surface area contributed by atoms with E-state index < -0.39 is 36.3 Å². The van der Waals surface area contributed by atoms with Crippen LogP contribution < -0.4 is 0 Å². The van der Waals surface area contributed by atoms with E-state index in [2.05, 4.69) is 0 Å². The number of nitrogens with zero attached hydrogens (tertiary/aromatic N) is 4. The lowest BCUT2D eigenvalue weighted by Gasteiger charge is -2.11. The average Bonchev–Trinajstić information content (AvgIpc) is 3.84. The summed E-state index contributed by atoms with van der Waals surface area (Å²) in [5.41, 5.74) is 5.21. The quantitative estimate of drug-likeness (QED) is 0.186. The molecule has 0 radical (unpaired) electrons. The monoisotopic (exact) mass is 648 g/mol. The van der Waals surface area contributed by atoms with Gasteiger partial charge in [-0.1, -0.05) is 139 Å². The number of hydrogen-bond donors (Lipinski definition) is 0. The van der Waals surface area contributed by atoms with Gasteiger partial charge in [0.05, 0.1) is 27.7 Å². The van der Waals surface area contributed by atoms with Crippen LogP contribution in [0, 0.1) is 0 Å². The Morgan fingerprint density at radius 2 is 1.00 bits per heavy atom. The summed E-state index contributed by atoms with van der Waals surface area (Å²) in [5, 5.41) is 1.42. The van der Waals surface area contributed by atoms with Crippen LogP contribution >= 0.6 is 0 Å². The van der Waals surface area contributed by atoms with Crippen LogP contribution in [0.3, 0.4) is 0 Å². The van der Waals surface area contributed by atoms with Crippen molar-refractivity contribution in [1.82, 2.24) is 19.5 Å². The molecule has 0 aliphatic rings. The molecular formula is C45H28N4O. The van der Waals surface area contributed by atoms with Gasteiger partial charge in [0.25, 0.3) is 0 Å². The second-order valence-electron chi connectivity index (χ2n) is 11.8. The molecule has 0 bridgehead atoms. The van der Waals surface area contributed by atoms with Crippen LogP contribution in [0.5, 0.6) is 0 Å². The Balaban J connectivity index is 1.30. The van der Waals surface area contributed by atoms with Gasteiger partial charge >= 0.3 is 0 Å². The zero-order chi connectivity index (χ0) is 40.0. The first-order chi connectivity index (χ1) is 28.1. The van der Waals surface area contributed by atoms with E-state index in [0.29, 0.717) is 45.3 Å². The van der Waals surface area contributed by atoms with Crippen LogP contribution in [-0.4, -0.2) is 19.5 Å². The van der Waals surface area contributed by atoms with Gasteiger partial charge in [-0.15, -0.1) is 0 Å². The van der Waals surface area contributed by atoms with E-state index in [4.69, 9.17) is 30.3 Å². The molecule has 10 aromatic rings. The van der Waals surface area contributed by atoms with Gasteiger partial charge in [0.2, 0.25) is 0 Å². The first-order valence-corrected chi connectivity index (χ1v) is 16.1. The molecule has 0 unspecified atom stereocenters. The SMILES string of the molecule is [2H]c1c([2H])c([2H])c2c(c1[2H])c1c([2H])c([2H])c([2H])c([2H])c1n2-c1ccc(-c2ccccc2)c2c1oc1cc(-c3nc(-c4ccccc4)nc(-c4ccccc4)n3)ccc12. The molecule has 5 nitrogen and oxygen atoms in total. The van der Waals surface area contributed by atoms with Gasteiger partial charge in [-0.25, -0.2) is 15.0 Å². The molecular weight excluding hydrogens is 613 g/mol. The Hall–Kier alpha value is -6.85. The van der Waals surface area contributed by atoms with E-state index in [1.807, 2.05) is 115 Å². The van der Waals surface area contributed by atoms with Crippen molar-refractivity contribution < 1.29 is 15.4 Å². The van der Waals surface area contributed by atoms with Gasteiger partial charge in [-0.2, -0.15) is 0 Å².